The smallest absolute Gasteiger partial charge is 0.0195 e. The molecule has 0 radical (unpaired) electrons. The van der Waals surface area contributed by atoms with Gasteiger partial charge in [-0.2, -0.15) is 0 Å². The first-order chi connectivity index (χ1) is 7.65. The number of hydrogen-bond acceptors (Lipinski definition) is 2. The fraction of sp³-hybridized carbons (Fsp3) is 1.00. The van der Waals surface area contributed by atoms with Gasteiger partial charge >= 0.3 is 0 Å². The number of hydrogen-bond donors (Lipinski definition) is 1. The number of rotatable bonds is 4. The predicted molar refractivity (Wildman–Crippen MR) is 69.6 cm³/mol. The molecular weight excluding hydrogens is 196 g/mol. The molecule has 1 aliphatic heterocycles. The van der Waals surface area contributed by atoms with Gasteiger partial charge in [0.1, 0.15) is 0 Å². The Hall–Kier alpha value is -0.0800. The first kappa shape index (κ1) is 12.4. The molecule has 1 N–H and O–H groups in total. The Morgan fingerprint density at radius 3 is 2.69 bits per heavy atom. The van der Waals surface area contributed by atoms with Gasteiger partial charge in [0.25, 0.3) is 0 Å². The largest absolute Gasteiger partial charge is 0.312 e. The van der Waals surface area contributed by atoms with E-state index >= 15 is 0 Å². The zero-order chi connectivity index (χ0) is 11.5. The highest BCUT2D eigenvalue weighted by Gasteiger charge is 2.33. The van der Waals surface area contributed by atoms with Crippen molar-refractivity contribution >= 4 is 0 Å². The molecule has 0 spiro atoms. The molecule has 94 valence electrons. The predicted octanol–water partition coefficient (Wildman–Crippen LogP) is 2.49. The Morgan fingerprint density at radius 2 is 2.06 bits per heavy atom. The molecule has 1 unspecified atom stereocenters. The molecule has 2 heteroatoms. The van der Waals surface area contributed by atoms with Crippen molar-refractivity contribution in [2.24, 2.45) is 11.8 Å². The van der Waals surface area contributed by atoms with Gasteiger partial charge in [0.15, 0.2) is 0 Å². The Bertz CT molecular complexity index is 209. The van der Waals surface area contributed by atoms with Gasteiger partial charge in [-0.3, -0.25) is 4.90 Å². The van der Waals surface area contributed by atoms with Crippen molar-refractivity contribution in [2.45, 2.75) is 58.5 Å². The number of nitrogens with zero attached hydrogens (tertiary/aromatic N) is 1. The topological polar surface area (TPSA) is 15.3 Å². The molecule has 1 aliphatic carbocycles. The van der Waals surface area contributed by atoms with Crippen molar-refractivity contribution in [3.63, 3.8) is 0 Å². The molecule has 0 aromatic carbocycles. The van der Waals surface area contributed by atoms with Crippen LogP contribution >= 0.6 is 0 Å². The van der Waals surface area contributed by atoms with Crippen LogP contribution < -0.4 is 5.32 Å². The maximum absolute atomic E-state index is 3.72. The van der Waals surface area contributed by atoms with Gasteiger partial charge in [-0.1, -0.05) is 20.8 Å². The van der Waals surface area contributed by atoms with E-state index in [4.69, 9.17) is 0 Å². The molecule has 2 rings (SSSR count). The molecule has 2 fully saturated rings. The Morgan fingerprint density at radius 1 is 1.31 bits per heavy atom. The van der Waals surface area contributed by atoms with Gasteiger partial charge < -0.3 is 5.32 Å². The highest BCUT2D eigenvalue weighted by Crippen LogP contribution is 2.32. The lowest BCUT2D eigenvalue weighted by atomic mass is 9.80. The van der Waals surface area contributed by atoms with Gasteiger partial charge in [0, 0.05) is 18.6 Å². The minimum Gasteiger partial charge on any atom is -0.312 e. The molecule has 16 heavy (non-hydrogen) atoms. The van der Waals surface area contributed by atoms with Crippen LogP contribution in [-0.2, 0) is 0 Å². The summed E-state index contributed by atoms with van der Waals surface area (Å²) in [6.07, 6.45) is 5.65. The Kier molecular flexibility index (Phi) is 4.26. The monoisotopic (exact) mass is 224 g/mol. The first-order valence-electron chi connectivity index (χ1n) is 7.12. The van der Waals surface area contributed by atoms with E-state index < -0.39 is 0 Å². The number of nitrogens with one attached hydrogen (secondary N) is 1. The second-order valence-corrected chi connectivity index (χ2v) is 6.37. The molecule has 0 bridgehead atoms. The van der Waals surface area contributed by atoms with Gasteiger partial charge in [-0.25, -0.2) is 0 Å². The van der Waals surface area contributed by atoms with Crippen molar-refractivity contribution in [1.82, 2.24) is 10.2 Å². The van der Waals surface area contributed by atoms with E-state index in [0.717, 1.165) is 23.9 Å². The number of likely N-dealkylation sites (tertiary alicyclic amines) is 1. The van der Waals surface area contributed by atoms with Crippen molar-refractivity contribution in [3.05, 3.63) is 0 Å². The summed E-state index contributed by atoms with van der Waals surface area (Å²) in [7, 11) is 0. The van der Waals surface area contributed by atoms with E-state index in [2.05, 4.69) is 31.0 Å². The van der Waals surface area contributed by atoms with Gasteiger partial charge in [0.05, 0.1) is 0 Å². The zero-order valence-electron chi connectivity index (χ0n) is 11.2. The lowest BCUT2D eigenvalue weighted by Gasteiger charge is -2.45. The summed E-state index contributed by atoms with van der Waals surface area (Å²) in [5.41, 5.74) is 0. The van der Waals surface area contributed by atoms with E-state index in [-0.39, 0.29) is 0 Å². The lowest BCUT2D eigenvalue weighted by Crippen LogP contribution is -2.53. The highest BCUT2D eigenvalue weighted by atomic mass is 15.2. The fourth-order valence-electron chi connectivity index (χ4n) is 3.07. The van der Waals surface area contributed by atoms with Crippen LogP contribution in [0.1, 0.15) is 46.5 Å². The van der Waals surface area contributed by atoms with E-state index in [9.17, 15) is 0 Å². The molecule has 1 atom stereocenters. The Labute approximate surface area is 101 Å². The van der Waals surface area contributed by atoms with E-state index in [1.165, 1.54) is 45.3 Å². The van der Waals surface area contributed by atoms with E-state index in [1.807, 2.05) is 0 Å². The molecule has 1 saturated carbocycles. The normalized spacial score (nSPS) is 36.4. The van der Waals surface area contributed by atoms with E-state index in [0.29, 0.717) is 0 Å². The fourth-order valence-corrected chi connectivity index (χ4v) is 3.07. The standard InChI is InChI=1S/C14H28N2/c1-11(2)9-15-13-5-4-6-16(10-13)14-7-12(3)8-14/h11-15H,4-10H2,1-3H3. The summed E-state index contributed by atoms with van der Waals surface area (Å²) in [6, 6.07) is 1.67. The van der Waals surface area contributed by atoms with E-state index in [1.54, 1.807) is 0 Å². The SMILES string of the molecule is CC(C)CNC1CCCN(C2CC(C)C2)C1. The Balaban J connectivity index is 1.71. The second kappa shape index (κ2) is 5.50. The van der Waals surface area contributed by atoms with Crippen molar-refractivity contribution in [1.29, 1.82) is 0 Å². The molecule has 0 aromatic rings. The summed E-state index contributed by atoms with van der Waals surface area (Å²) in [4.78, 5) is 2.74. The molecular formula is C14H28N2. The van der Waals surface area contributed by atoms with Gasteiger partial charge in [0.2, 0.25) is 0 Å². The third kappa shape index (κ3) is 3.21. The minimum atomic E-state index is 0.757. The quantitative estimate of drug-likeness (QED) is 0.789. The first-order valence-corrected chi connectivity index (χ1v) is 7.12. The number of piperidine rings is 1. The van der Waals surface area contributed by atoms with Crippen LogP contribution in [0.5, 0.6) is 0 Å². The summed E-state index contributed by atoms with van der Waals surface area (Å²) < 4.78 is 0. The third-order valence-corrected chi connectivity index (χ3v) is 4.13. The second-order valence-electron chi connectivity index (χ2n) is 6.37. The van der Waals surface area contributed by atoms with Crippen LogP contribution in [-0.4, -0.2) is 36.6 Å². The summed E-state index contributed by atoms with van der Waals surface area (Å²) in [5.74, 6) is 1.76. The maximum Gasteiger partial charge on any atom is 0.0195 e. The third-order valence-electron chi connectivity index (χ3n) is 4.13. The lowest BCUT2D eigenvalue weighted by molar-refractivity contribution is 0.0561. The van der Waals surface area contributed by atoms with Crippen molar-refractivity contribution in [3.8, 4) is 0 Å². The zero-order valence-corrected chi connectivity index (χ0v) is 11.2. The molecule has 0 aromatic heterocycles. The summed E-state index contributed by atoms with van der Waals surface area (Å²) in [5, 5.41) is 3.72. The average molecular weight is 224 g/mol. The van der Waals surface area contributed by atoms with Crippen LogP contribution in [0.25, 0.3) is 0 Å². The molecule has 2 nitrogen and oxygen atoms in total. The average Bonchev–Trinajstić information content (AvgIpc) is 2.22. The molecule has 2 aliphatic rings. The van der Waals surface area contributed by atoms with Crippen LogP contribution in [0, 0.1) is 11.8 Å². The molecule has 0 amide bonds. The summed E-state index contributed by atoms with van der Waals surface area (Å²) in [6.45, 7) is 10.8. The van der Waals surface area contributed by atoms with Crippen LogP contribution in [0.15, 0.2) is 0 Å². The molecule has 1 saturated heterocycles. The molecule has 1 heterocycles. The van der Waals surface area contributed by atoms with Crippen LogP contribution in [0.4, 0.5) is 0 Å². The minimum absolute atomic E-state index is 0.757. The van der Waals surface area contributed by atoms with Crippen LogP contribution in [0.2, 0.25) is 0 Å². The van der Waals surface area contributed by atoms with Crippen LogP contribution in [0.3, 0.4) is 0 Å². The van der Waals surface area contributed by atoms with Crippen molar-refractivity contribution < 1.29 is 0 Å². The highest BCUT2D eigenvalue weighted by molar-refractivity contribution is 4.89. The summed E-state index contributed by atoms with van der Waals surface area (Å²) >= 11 is 0. The van der Waals surface area contributed by atoms with Crippen molar-refractivity contribution in [2.75, 3.05) is 19.6 Å². The van der Waals surface area contributed by atoms with Gasteiger partial charge in [-0.15, -0.1) is 0 Å². The van der Waals surface area contributed by atoms with Gasteiger partial charge in [-0.05, 0) is 50.6 Å². The maximum atomic E-state index is 3.72.